The second kappa shape index (κ2) is 10.8. The Morgan fingerprint density at radius 3 is 2.50 bits per heavy atom. The number of nitrogens with zero attached hydrogens (tertiary/aromatic N) is 1. The summed E-state index contributed by atoms with van der Waals surface area (Å²) in [6, 6.07) is 8.47. The molecule has 0 radical (unpaired) electrons. The maximum Gasteiger partial charge on any atom is 0.269 e. The van der Waals surface area contributed by atoms with Gasteiger partial charge in [-0.3, -0.25) is 14.9 Å². The fraction of sp³-hybridized carbons (Fsp3) is 0.381. The Labute approximate surface area is 179 Å². The van der Waals surface area contributed by atoms with Crippen LogP contribution in [-0.2, 0) is 0 Å². The third-order valence-electron chi connectivity index (χ3n) is 4.38. The molecular weight excluding hydrogens is 412 g/mol. The molecule has 0 saturated heterocycles. The maximum atomic E-state index is 12.5. The molecule has 2 N–H and O–H groups in total. The Kier molecular flexibility index (Phi) is 8.44. The van der Waals surface area contributed by atoms with Gasteiger partial charge >= 0.3 is 0 Å². The Morgan fingerprint density at radius 1 is 1.27 bits per heavy atom. The summed E-state index contributed by atoms with van der Waals surface area (Å²) in [5, 5.41) is 23.8. The van der Waals surface area contributed by atoms with E-state index in [1.807, 2.05) is 0 Å². The minimum Gasteiger partial charge on any atom is -0.493 e. The Hall–Kier alpha value is -2.84. The lowest BCUT2D eigenvalue weighted by molar-refractivity contribution is -0.384. The summed E-state index contributed by atoms with van der Waals surface area (Å²) in [6.07, 6.45) is -0.173. The van der Waals surface area contributed by atoms with Crippen molar-refractivity contribution in [2.45, 2.75) is 26.4 Å². The summed E-state index contributed by atoms with van der Waals surface area (Å²) in [5.41, 5.74) is 0.627. The van der Waals surface area contributed by atoms with Gasteiger partial charge in [0, 0.05) is 24.2 Å². The van der Waals surface area contributed by atoms with E-state index >= 15 is 0 Å². The van der Waals surface area contributed by atoms with Gasteiger partial charge in [-0.05, 0) is 42.2 Å². The van der Waals surface area contributed by atoms with Gasteiger partial charge in [-0.1, -0.05) is 25.4 Å². The molecule has 1 unspecified atom stereocenters. The monoisotopic (exact) mass is 436 g/mol. The molecule has 0 spiro atoms. The van der Waals surface area contributed by atoms with Gasteiger partial charge in [-0.15, -0.1) is 0 Å². The number of non-ortho nitro benzene ring substituents is 1. The summed E-state index contributed by atoms with van der Waals surface area (Å²) in [5.74, 6) is 0.737. The molecule has 0 saturated carbocycles. The highest BCUT2D eigenvalue weighted by Gasteiger charge is 2.18. The molecule has 2 rings (SSSR count). The number of carbonyl (C=O) groups excluding carboxylic acids is 1. The Balaban J connectivity index is 2.03. The molecule has 162 valence electrons. The average molecular weight is 437 g/mol. The summed E-state index contributed by atoms with van der Waals surface area (Å²) >= 11 is 6.28. The summed E-state index contributed by atoms with van der Waals surface area (Å²) in [4.78, 5) is 22.7. The minimum atomic E-state index is -1.02. The van der Waals surface area contributed by atoms with Crippen LogP contribution in [0.2, 0.25) is 5.02 Å². The molecule has 0 aromatic heterocycles. The second-order valence-corrected chi connectivity index (χ2v) is 7.50. The lowest BCUT2D eigenvalue weighted by atomic mass is 10.1. The van der Waals surface area contributed by atoms with Gasteiger partial charge in [0.05, 0.1) is 29.8 Å². The van der Waals surface area contributed by atoms with Crippen molar-refractivity contribution in [2.75, 3.05) is 20.3 Å². The largest absolute Gasteiger partial charge is 0.493 e. The highest BCUT2D eigenvalue weighted by molar-refractivity contribution is 6.32. The maximum absolute atomic E-state index is 12.5. The molecule has 1 amide bonds. The molecule has 0 heterocycles. The number of ether oxygens (including phenoxy) is 2. The zero-order valence-electron chi connectivity index (χ0n) is 17.1. The van der Waals surface area contributed by atoms with E-state index in [9.17, 15) is 20.0 Å². The summed E-state index contributed by atoms with van der Waals surface area (Å²) in [6.45, 7) is 4.56. The third kappa shape index (κ3) is 6.33. The molecule has 1 atom stereocenters. The van der Waals surface area contributed by atoms with Gasteiger partial charge in [0.15, 0.2) is 11.5 Å². The van der Waals surface area contributed by atoms with Crippen LogP contribution in [0.25, 0.3) is 0 Å². The van der Waals surface area contributed by atoms with Gasteiger partial charge in [0.25, 0.3) is 11.6 Å². The van der Waals surface area contributed by atoms with Crippen molar-refractivity contribution in [1.29, 1.82) is 0 Å². The van der Waals surface area contributed by atoms with E-state index in [-0.39, 0.29) is 22.8 Å². The molecule has 8 nitrogen and oxygen atoms in total. The van der Waals surface area contributed by atoms with Crippen LogP contribution in [0.1, 0.15) is 42.3 Å². The van der Waals surface area contributed by atoms with Crippen LogP contribution >= 0.6 is 11.6 Å². The van der Waals surface area contributed by atoms with E-state index in [1.165, 1.54) is 43.5 Å². The molecule has 9 heteroatoms. The van der Waals surface area contributed by atoms with E-state index in [4.69, 9.17) is 21.1 Å². The van der Waals surface area contributed by atoms with Gasteiger partial charge in [-0.2, -0.15) is 0 Å². The molecule has 0 aliphatic heterocycles. The van der Waals surface area contributed by atoms with Crippen molar-refractivity contribution in [2.24, 2.45) is 5.92 Å². The van der Waals surface area contributed by atoms with Crippen molar-refractivity contribution in [3.63, 3.8) is 0 Å². The molecule has 2 aromatic carbocycles. The number of aliphatic hydroxyl groups is 1. The predicted molar refractivity (Wildman–Crippen MR) is 113 cm³/mol. The van der Waals surface area contributed by atoms with Crippen molar-refractivity contribution in [1.82, 2.24) is 5.32 Å². The first-order chi connectivity index (χ1) is 14.2. The smallest absolute Gasteiger partial charge is 0.269 e. The van der Waals surface area contributed by atoms with Gasteiger partial charge in [0.2, 0.25) is 0 Å². The number of carbonyl (C=O) groups is 1. The quantitative estimate of drug-likeness (QED) is 0.427. The SMILES string of the molecule is COc1cc(C(=O)NCC(O)c2ccc([N+](=O)[O-])cc2)cc(Cl)c1OCCC(C)C. The van der Waals surface area contributed by atoms with E-state index < -0.39 is 16.9 Å². The number of nitrogens with one attached hydrogen (secondary N) is 1. The van der Waals surface area contributed by atoms with Crippen LogP contribution in [0.3, 0.4) is 0 Å². The predicted octanol–water partition coefficient (Wildman–Crippen LogP) is 4.15. The molecule has 30 heavy (non-hydrogen) atoms. The van der Waals surface area contributed by atoms with Crippen LogP contribution in [-0.4, -0.2) is 36.2 Å². The topological polar surface area (TPSA) is 111 Å². The molecular formula is C21H25ClN2O6. The number of amides is 1. The van der Waals surface area contributed by atoms with Crippen LogP contribution in [0.15, 0.2) is 36.4 Å². The van der Waals surface area contributed by atoms with Gasteiger partial charge in [0.1, 0.15) is 0 Å². The zero-order chi connectivity index (χ0) is 22.3. The number of halogens is 1. The number of aliphatic hydroxyl groups excluding tert-OH is 1. The van der Waals surface area contributed by atoms with E-state index in [0.717, 1.165) is 6.42 Å². The highest BCUT2D eigenvalue weighted by atomic mass is 35.5. The van der Waals surface area contributed by atoms with Crippen molar-refractivity contribution < 1.29 is 24.3 Å². The molecule has 0 bridgehead atoms. The lowest BCUT2D eigenvalue weighted by Gasteiger charge is -2.16. The van der Waals surface area contributed by atoms with Crippen LogP contribution in [0, 0.1) is 16.0 Å². The first kappa shape index (κ1) is 23.4. The molecule has 0 aliphatic rings. The van der Waals surface area contributed by atoms with Crippen LogP contribution in [0.5, 0.6) is 11.5 Å². The Bertz CT molecular complexity index is 886. The lowest BCUT2D eigenvalue weighted by Crippen LogP contribution is -2.28. The Morgan fingerprint density at radius 2 is 1.93 bits per heavy atom. The average Bonchev–Trinajstić information content (AvgIpc) is 2.72. The molecule has 2 aromatic rings. The summed E-state index contributed by atoms with van der Waals surface area (Å²) in [7, 11) is 1.46. The number of hydrogen-bond acceptors (Lipinski definition) is 6. The highest BCUT2D eigenvalue weighted by Crippen LogP contribution is 2.36. The fourth-order valence-electron chi connectivity index (χ4n) is 2.62. The van der Waals surface area contributed by atoms with Crippen molar-refractivity contribution >= 4 is 23.2 Å². The first-order valence-corrected chi connectivity index (χ1v) is 9.81. The number of nitro groups is 1. The first-order valence-electron chi connectivity index (χ1n) is 9.43. The van der Waals surface area contributed by atoms with Crippen LogP contribution in [0.4, 0.5) is 5.69 Å². The number of nitro benzene ring substituents is 1. The fourth-order valence-corrected chi connectivity index (χ4v) is 2.88. The third-order valence-corrected chi connectivity index (χ3v) is 4.66. The zero-order valence-corrected chi connectivity index (χ0v) is 17.8. The van der Waals surface area contributed by atoms with E-state index in [0.29, 0.717) is 29.6 Å². The number of hydrogen-bond donors (Lipinski definition) is 2. The molecule has 0 fully saturated rings. The number of methoxy groups -OCH3 is 1. The second-order valence-electron chi connectivity index (χ2n) is 7.09. The van der Waals surface area contributed by atoms with E-state index in [1.54, 1.807) is 0 Å². The number of benzene rings is 2. The normalized spacial score (nSPS) is 11.8. The van der Waals surface area contributed by atoms with E-state index in [2.05, 4.69) is 19.2 Å². The number of rotatable bonds is 10. The van der Waals surface area contributed by atoms with Crippen molar-refractivity contribution in [3.05, 3.63) is 62.7 Å². The van der Waals surface area contributed by atoms with Gasteiger partial charge in [-0.25, -0.2) is 0 Å². The standard InChI is InChI=1S/C21H25ClN2O6/c1-13(2)8-9-30-20-17(22)10-15(11-19(20)29-3)21(26)23-12-18(25)14-4-6-16(7-5-14)24(27)28/h4-7,10-11,13,18,25H,8-9,12H2,1-3H3,(H,23,26). The summed E-state index contributed by atoms with van der Waals surface area (Å²) < 4.78 is 11.0. The van der Waals surface area contributed by atoms with Crippen molar-refractivity contribution in [3.8, 4) is 11.5 Å². The van der Waals surface area contributed by atoms with Crippen LogP contribution < -0.4 is 14.8 Å². The molecule has 0 aliphatic carbocycles. The van der Waals surface area contributed by atoms with Gasteiger partial charge < -0.3 is 19.9 Å². The minimum absolute atomic E-state index is 0.0765.